The van der Waals surface area contributed by atoms with Gasteiger partial charge in [-0.2, -0.15) is 4.99 Å². The summed E-state index contributed by atoms with van der Waals surface area (Å²) in [7, 11) is 0. The zero-order valence-electron chi connectivity index (χ0n) is 17.7. The van der Waals surface area contributed by atoms with Gasteiger partial charge in [0, 0.05) is 19.2 Å². The molecule has 0 fully saturated rings. The van der Waals surface area contributed by atoms with Crippen molar-refractivity contribution in [2.45, 2.75) is 47.1 Å². The maximum atomic E-state index is 13.1. The van der Waals surface area contributed by atoms with E-state index in [2.05, 4.69) is 9.98 Å². The number of rotatable bonds is 6. The van der Waals surface area contributed by atoms with Crippen LogP contribution in [0.2, 0.25) is 0 Å². The number of pyridine rings is 2. The Kier molecular flexibility index (Phi) is 6.44. The van der Waals surface area contributed by atoms with Crippen LogP contribution >= 0.6 is 0 Å². The van der Waals surface area contributed by atoms with Gasteiger partial charge in [0.05, 0.1) is 12.0 Å². The third-order valence-electron chi connectivity index (χ3n) is 4.55. The van der Waals surface area contributed by atoms with Gasteiger partial charge >= 0.3 is 5.97 Å². The van der Waals surface area contributed by atoms with Gasteiger partial charge in [-0.1, -0.05) is 26.8 Å². The summed E-state index contributed by atoms with van der Waals surface area (Å²) < 4.78 is 8.29. The Morgan fingerprint density at radius 1 is 1.23 bits per heavy atom. The first-order valence-corrected chi connectivity index (χ1v) is 10.2. The summed E-state index contributed by atoms with van der Waals surface area (Å²) in [5.41, 5.74) is 0.830. The molecular weight excluding hydrogens is 384 g/mol. The van der Waals surface area contributed by atoms with Crippen LogP contribution in [-0.4, -0.2) is 32.4 Å². The number of nitrogens with zero attached hydrogens (tertiary/aromatic N) is 4. The normalized spacial score (nSPS) is 12.1. The van der Waals surface area contributed by atoms with Gasteiger partial charge in [-0.05, 0) is 37.5 Å². The number of hydrogen-bond acceptors (Lipinski definition) is 5. The second-order valence-electron chi connectivity index (χ2n) is 7.44. The molecule has 0 saturated carbocycles. The number of carbonyl (C=O) groups excluding carboxylic acids is 2. The van der Waals surface area contributed by atoms with Crippen molar-refractivity contribution in [3.05, 3.63) is 51.9 Å². The van der Waals surface area contributed by atoms with Crippen molar-refractivity contribution in [1.82, 2.24) is 14.0 Å². The highest BCUT2D eigenvalue weighted by molar-refractivity contribution is 5.93. The summed E-state index contributed by atoms with van der Waals surface area (Å²) in [5, 5.41) is 0.269. The van der Waals surface area contributed by atoms with Crippen LogP contribution in [0, 0.1) is 5.92 Å². The number of esters is 1. The summed E-state index contributed by atoms with van der Waals surface area (Å²) in [4.78, 5) is 47.2. The number of carbonyl (C=O) groups is 2. The van der Waals surface area contributed by atoms with E-state index >= 15 is 0 Å². The van der Waals surface area contributed by atoms with Gasteiger partial charge in [0.25, 0.3) is 5.56 Å². The molecule has 3 heterocycles. The average molecular weight is 410 g/mol. The van der Waals surface area contributed by atoms with Gasteiger partial charge in [0.1, 0.15) is 16.9 Å². The number of amides is 1. The second kappa shape index (κ2) is 9.02. The van der Waals surface area contributed by atoms with Gasteiger partial charge in [0.2, 0.25) is 5.91 Å². The quantitative estimate of drug-likeness (QED) is 0.460. The zero-order valence-corrected chi connectivity index (χ0v) is 17.7. The number of hydrogen-bond donors (Lipinski definition) is 0. The monoisotopic (exact) mass is 410 g/mol. The predicted octanol–water partition coefficient (Wildman–Crippen LogP) is 2.71. The third kappa shape index (κ3) is 4.17. The fourth-order valence-electron chi connectivity index (χ4n) is 3.31. The Balaban J connectivity index is 2.47. The summed E-state index contributed by atoms with van der Waals surface area (Å²) in [6.07, 6.45) is 2.58. The summed E-state index contributed by atoms with van der Waals surface area (Å²) in [6.45, 7) is 8.11. The number of aromatic nitrogens is 3. The molecule has 0 N–H and O–H groups in total. The van der Waals surface area contributed by atoms with Gasteiger partial charge < -0.3 is 9.30 Å². The fraction of sp³-hybridized carbons (Fsp3) is 0.409. The molecule has 3 rings (SSSR count). The molecule has 0 bridgehead atoms. The topological polar surface area (TPSA) is 95.0 Å². The SMILES string of the molecule is CCCn1c(=NC(=O)CC(C)C)c(C(=O)OCC)cc2c(=O)n3ccccc3nc21. The van der Waals surface area contributed by atoms with Crippen LogP contribution in [0.25, 0.3) is 16.7 Å². The van der Waals surface area contributed by atoms with Gasteiger partial charge in [-0.25, -0.2) is 9.78 Å². The number of fused-ring (bicyclic) bond motifs is 2. The molecule has 30 heavy (non-hydrogen) atoms. The van der Waals surface area contributed by atoms with E-state index in [4.69, 9.17) is 4.74 Å². The van der Waals surface area contributed by atoms with E-state index < -0.39 is 5.97 Å². The van der Waals surface area contributed by atoms with E-state index in [1.54, 1.807) is 35.9 Å². The van der Waals surface area contributed by atoms with Crippen molar-refractivity contribution in [3.8, 4) is 0 Å². The summed E-state index contributed by atoms with van der Waals surface area (Å²) in [5.74, 6) is -0.839. The molecule has 3 aromatic rings. The Morgan fingerprint density at radius 2 is 2.00 bits per heavy atom. The first kappa shape index (κ1) is 21.4. The Bertz CT molecular complexity index is 1240. The highest BCUT2D eigenvalue weighted by atomic mass is 16.5. The van der Waals surface area contributed by atoms with Crippen LogP contribution in [0.4, 0.5) is 0 Å². The molecule has 3 aromatic heterocycles. The van der Waals surface area contributed by atoms with E-state index in [0.717, 1.165) is 0 Å². The average Bonchev–Trinajstić information content (AvgIpc) is 2.69. The smallest absolute Gasteiger partial charge is 0.341 e. The molecule has 0 aliphatic carbocycles. The van der Waals surface area contributed by atoms with Crippen molar-refractivity contribution in [2.75, 3.05) is 6.61 Å². The molecule has 0 radical (unpaired) electrons. The van der Waals surface area contributed by atoms with E-state index in [9.17, 15) is 14.4 Å². The summed E-state index contributed by atoms with van der Waals surface area (Å²) >= 11 is 0. The molecule has 8 nitrogen and oxygen atoms in total. The Labute approximate surface area is 173 Å². The van der Waals surface area contributed by atoms with Crippen LogP contribution in [0.15, 0.2) is 40.2 Å². The van der Waals surface area contributed by atoms with E-state index in [0.29, 0.717) is 24.3 Å². The highest BCUT2D eigenvalue weighted by Crippen LogP contribution is 2.12. The molecule has 0 aliphatic rings. The number of ether oxygens (including phenoxy) is 1. The minimum Gasteiger partial charge on any atom is -0.462 e. The first-order chi connectivity index (χ1) is 14.4. The highest BCUT2D eigenvalue weighted by Gasteiger charge is 2.19. The maximum Gasteiger partial charge on any atom is 0.341 e. The third-order valence-corrected chi connectivity index (χ3v) is 4.55. The zero-order chi connectivity index (χ0) is 21.8. The van der Waals surface area contributed by atoms with Crippen molar-refractivity contribution in [1.29, 1.82) is 0 Å². The standard InChI is InChI=1S/C22H26N4O4/c1-5-10-26-19-15(21(28)25-11-8-7-9-17(25)23-19)13-16(22(29)30-6-2)20(26)24-18(27)12-14(3)4/h7-9,11,13-14H,5-6,10,12H2,1-4H3. The van der Waals surface area contributed by atoms with Gasteiger partial charge in [-0.3, -0.25) is 14.0 Å². The molecule has 0 saturated heterocycles. The molecule has 158 valence electrons. The van der Waals surface area contributed by atoms with Crippen LogP contribution < -0.4 is 11.0 Å². The van der Waals surface area contributed by atoms with Gasteiger partial charge in [-0.15, -0.1) is 0 Å². The lowest BCUT2D eigenvalue weighted by atomic mass is 10.1. The lowest BCUT2D eigenvalue weighted by Gasteiger charge is -2.14. The van der Waals surface area contributed by atoms with Crippen LogP contribution in [0.5, 0.6) is 0 Å². The molecular formula is C22H26N4O4. The van der Waals surface area contributed by atoms with E-state index in [1.165, 1.54) is 10.5 Å². The maximum absolute atomic E-state index is 13.1. The number of aryl methyl sites for hydroxylation is 1. The lowest BCUT2D eigenvalue weighted by Crippen LogP contribution is -2.32. The van der Waals surface area contributed by atoms with Crippen molar-refractivity contribution in [2.24, 2.45) is 10.9 Å². The van der Waals surface area contributed by atoms with Crippen LogP contribution in [0.1, 0.15) is 50.9 Å². The fourth-order valence-corrected chi connectivity index (χ4v) is 3.31. The molecule has 0 atom stereocenters. The van der Waals surface area contributed by atoms with E-state index in [1.807, 2.05) is 20.8 Å². The molecule has 0 aliphatic heterocycles. The van der Waals surface area contributed by atoms with Crippen LogP contribution in [0.3, 0.4) is 0 Å². The van der Waals surface area contributed by atoms with Crippen molar-refractivity contribution >= 4 is 28.6 Å². The Morgan fingerprint density at radius 3 is 2.67 bits per heavy atom. The summed E-state index contributed by atoms with van der Waals surface area (Å²) in [6, 6.07) is 6.71. The second-order valence-corrected chi connectivity index (χ2v) is 7.44. The lowest BCUT2D eigenvalue weighted by molar-refractivity contribution is -0.118. The molecule has 0 aromatic carbocycles. The molecule has 0 spiro atoms. The molecule has 8 heteroatoms. The molecule has 0 unspecified atom stereocenters. The van der Waals surface area contributed by atoms with E-state index in [-0.39, 0.29) is 46.8 Å². The first-order valence-electron chi connectivity index (χ1n) is 10.2. The minimum atomic E-state index is -0.627. The Hall–Kier alpha value is -3.29. The minimum absolute atomic E-state index is 0.0877. The largest absolute Gasteiger partial charge is 0.462 e. The van der Waals surface area contributed by atoms with Gasteiger partial charge in [0.15, 0.2) is 5.49 Å². The van der Waals surface area contributed by atoms with Crippen molar-refractivity contribution < 1.29 is 14.3 Å². The van der Waals surface area contributed by atoms with Crippen molar-refractivity contribution in [3.63, 3.8) is 0 Å². The predicted molar refractivity (Wildman–Crippen MR) is 113 cm³/mol. The molecule has 1 amide bonds. The van der Waals surface area contributed by atoms with Crippen LogP contribution in [-0.2, 0) is 16.1 Å².